The van der Waals surface area contributed by atoms with Gasteiger partial charge in [0.1, 0.15) is 5.82 Å². The third-order valence-corrected chi connectivity index (χ3v) is 3.68. The van der Waals surface area contributed by atoms with Gasteiger partial charge in [0.15, 0.2) is 0 Å². The zero-order chi connectivity index (χ0) is 15.2. The highest BCUT2D eigenvalue weighted by Crippen LogP contribution is 2.21. The predicted octanol–water partition coefficient (Wildman–Crippen LogP) is 0.380. The van der Waals surface area contributed by atoms with Crippen molar-refractivity contribution < 1.29 is 9.72 Å². The second kappa shape index (κ2) is 7.03. The first-order valence-electron chi connectivity index (χ1n) is 6.94. The van der Waals surface area contributed by atoms with E-state index in [1.165, 1.54) is 6.07 Å². The van der Waals surface area contributed by atoms with Gasteiger partial charge in [-0.05, 0) is 25.5 Å². The molecule has 112 valence electrons. The van der Waals surface area contributed by atoms with Crippen LogP contribution in [0, 0.1) is 10.1 Å². The highest BCUT2D eigenvalue weighted by atomic mass is 16.6. The number of rotatable bonds is 6. The minimum Gasteiger partial charge on any atom is -0.378 e. The Morgan fingerprint density at radius 1 is 1.57 bits per heavy atom. The summed E-state index contributed by atoms with van der Waals surface area (Å²) in [7, 11) is 0.433. The second-order valence-corrected chi connectivity index (χ2v) is 5.05. The number of piperidine rings is 1. The smallest absolute Gasteiger partial charge is 0.311 e. The average Bonchev–Trinajstić information content (AvgIpc) is 2.46. The standard InChI is InChI=1S/C12H18BN5O3/c14-12-10(18(20)21)4-5-11(16-12)15-7-9-3-1-2-6-17(9)13-8-19/h4-5,8-9,13H,1-3,6-7H2,(H3,14,15,16). The number of carbonyl (C=O) groups is 1. The van der Waals surface area contributed by atoms with Gasteiger partial charge in [-0.25, -0.2) is 4.98 Å². The van der Waals surface area contributed by atoms with Gasteiger partial charge in [-0.2, -0.15) is 0 Å². The molecule has 3 N–H and O–H groups in total. The van der Waals surface area contributed by atoms with Crippen molar-refractivity contribution in [1.29, 1.82) is 0 Å². The third kappa shape index (κ3) is 3.91. The Hall–Kier alpha value is -2.16. The van der Waals surface area contributed by atoms with E-state index in [1.54, 1.807) is 6.07 Å². The van der Waals surface area contributed by atoms with Gasteiger partial charge >= 0.3 is 5.69 Å². The minimum atomic E-state index is -0.556. The van der Waals surface area contributed by atoms with Gasteiger partial charge < -0.3 is 20.7 Å². The largest absolute Gasteiger partial charge is 0.378 e. The van der Waals surface area contributed by atoms with Crippen LogP contribution in [-0.4, -0.2) is 47.4 Å². The summed E-state index contributed by atoms with van der Waals surface area (Å²) in [6.45, 7) is 1.55. The quantitative estimate of drug-likeness (QED) is 0.337. The lowest BCUT2D eigenvalue weighted by Crippen LogP contribution is -2.46. The fourth-order valence-electron chi connectivity index (χ4n) is 2.57. The Kier molecular flexibility index (Phi) is 5.10. The maximum Gasteiger partial charge on any atom is 0.311 e. The average molecular weight is 291 g/mol. The molecule has 0 radical (unpaired) electrons. The lowest BCUT2D eigenvalue weighted by Gasteiger charge is -2.34. The van der Waals surface area contributed by atoms with Crippen molar-refractivity contribution in [1.82, 2.24) is 9.79 Å². The van der Waals surface area contributed by atoms with Crippen LogP contribution in [0.1, 0.15) is 19.3 Å². The number of carbonyl (C=O) groups excluding carboxylic acids is 1. The molecule has 0 saturated carbocycles. The third-order valence-electron chi connectivity index (χ3n) is 3.68. The molecule has 1 atom stereocenters. The van der Waals surface area contributed by atoms with Gasteiger partial charge in [-0.1, -0.05) is 6.42 Å². The topological polar surface area (TPSA) is 114 Å². The van der Waals surface area contributed by atoms with Gasteiger partial charge in [0.05, 0.1) is 11.1 Å². The van der Waals surface area contributed by atoms with Crippen LogP contribution >= 0.6 is 0 Å². The van der Waals surface area contributed by atoms with Gasteiger partial charge in [0.2, 0.25) is 5.82 Å². The van der Waals surface area contributed by atoms with Gasteiger partial charge in [0.25, 0.3) is 7.41 Å². The van der Waals surface area contributed by atoms with Crippen LogP contribution < -0.4 is 11.1 Å². The summed E-state index contributed by atoms with van der Waals surface area (Å²) in [6, 6.07) is 3.15. The van der Waals surface area contributed by atoms with Crippen LogP contribution in [0.5, 0.6) is 0 Å². The number of nitrogens with two attached hydrogens (primary N) is 1. The Bertz CT molecular complexity index is 528. The lowest BCUT2D eigenvalue weighted by atomic mass is 9.86. The van der Waals surface area contributed by atoms with Crippen molar-refractivity contribution in [2.24, 2.45) is 0 Å². The van der Waals surface area contributed by atoms with Crippen molar-refractivity contribution in [2.75, 3.05) is 24.1 Å². The number of nitrogens with one attached hydrogen (secondary N) is 1. The molecule has 1 aromatic rings. The summed E-state index contributed by atoms with van der Waals surface area (Å²) in [5.41, 5.74) is 5.36. The van der Waals surface area contributed by atoms with Crippen LogP contribution in [-0.2, 0) is 4.79 Å². The normalized spacial score (nSPS) is 19.0. The fraction of sp³-hybridized carbons (Fsp3) is 0.500. The van der Waals surface area contributed by atoms with E-state index in [0.717, 1.165) is 32.0 Å². The number of hydrogen-bond donors (Lipinski definition) is 2. The molecule has 8 nitrogen and oxygen atoms in total. The zero-order valence-corrected chi connectivity index (χ0v) is 11.7. The molecule has 0 spiro atoms. The van der Waals surface area contributed by atoms with Crippen molar-refractivity contribution in [2.45, 2.75) is 25.3 Å². The number of hydrogen-bond acceptors (Lipinski definition) is 7. The maximum absolute atomic E-state index is 10.7. The molecule has 2 heterocycles. The molecule has 0 aliphatic carbocycles. The molecule has 1 aliphatic heterocycles. The highest BCUT2D eigenvalue weighted by molar-refractivity contribution is 6.64. The number of anilines is 2. The number of nitrogens with zero attached hydrogens (tertiary/aromatic N) is 3. The van der Waals surface area contributed by atoms with Gasteiger partial charge in [-0.3, -0.25) is 10.1 Å². The maximum atomic E-state index is 10.7. The summed E-state index contributed by atoms with van der Waals surface area (Å²) in [6.07, 6.45) is 4.17. The van der Waals surface area contributed by atoms with Gasteiger partial charge in [-0.15, -0.1) is 0 Å². The summed E-state index contributed by atoms with van der Waals surface area (Å²) >= 11 is 0. The molecule has 0 aromatic carbocycles. The number of pyridine rings is 1. The van der Waals surface area contributed by atoms with E-state index in [0.29, 0.717) is 19.8 Å². The lowest BCUT2D eigenvalue weighted by molar-refractivity contribution is -0.384. The van der Waals surface area contributed by atoms with E-state index in [-0.39, 0.29) is 17.5 Å². The van der Waals surface area contributed by atoms with E-state index in [2.05, 4.69) is 15.1 Å². The molecule has 1 aromatic heterocycles. The fourth-order valence-corrected chi connectivity index (χ4v) is 2.57. The first-order valence-corrected chi connectivity index (χ1v) is 6.94. The summed E-state index contributed by atoms with van der Waals surface area (Å²) in [5.74, 6) is 0.410. The molecular formula is C12H18BN5O3. The Morgan fingerprint density at radius 2 is 2.38 bits per heavy atom. The molecule has 1 unspecified atom stereocenters. The Morgan fingerprint density at radius 3 is 3.05 bits per heavy atom. The minimum absolute atomic E-state index is 0.0987. The second-order valence-electron chi connectivity index (χ2n) is 5.05. The first-order chi connectivity index (χ1) is 10.1. The molecule has 0 bridgehead atoms. The number of aromatic nitrogens is 1. The van der Waals surface area contributed by atoms with Crippen LogP contribution in [0.4, 0.5) is 17.3 Å². The van der Waals surface area contributed by atoms with Crippen molar-refractivity contribution in [3.63, 3.8) is 0 Å². The van der Waals surface area contributed by atoms with Crippen molar-refractivity contribution in [3.8, 4) is 0 Å². The molecule has 9 heteroatoms. The summed E-state index contributed by atoms with van der Waals surface area (Å²) in [5, 5.41) is 13.8. The van der Waals surface area contributed by atoms with Crippen LogP contribution in [0.3, 0.4) is 0 Å². The van der Waals surface area contributed by atoms with Crippen molar-refractivity contribution in [3.05, 3.63) is 22.2 Å². The molecular weight excluding hydrogens is 273 g/mol. The van der Waals surface area contributed by atoms with Gasteiger partial charge in [0, 0.05) is 18.7 Å². The van der Waals surface area contributed by atoms with E-state index in [1.807, 2.05) is 0 Å². The van der Waals surface area contributed by atoms with Crippen LogP contribution in [0.2, 0.25) is 0 Å². The number of nitrogen functional groups attached to an aromatic ring is 1. The zero-order valence-electron chi connectivity index (χ0n) is 11.7. The Labute approximate surface area is 123 Å². The molecule has 1 saturated heterocycles. The summed E-state index contributed by atoms with van der Waals surface area (Å²) < 4.78 is 0. The predicted molar refractivity (Wildman–Crippen MR) is 82.0 cm³/mol. The first kappa shape index (κ1) is 15.2. The molecule has 21 heavy (non-hydrogen) atoms. The molecule has 0 amide bonds. The van der Waals surface area contributed by atoms with E-state index in [9.17, 15) is 14.9 Å². The van der Waals surface area contributed by atoms with Crippen LogP contribution in [0.15, 0.2) is 12.1 Å². The molecule has 2 rings (SSSR count). The van der Waals surface area contributed by atoms with E-state index >= 15 is 0 Å². The SMILES string of the molecule is Nc1nc(NCC2CCCCN2BC=O)ccc1[N+](=O)[O-]. The number of nitro groups is 1. The summed E-state index contributed by atoms with van der Waals surface area (Å²) in [4.78, 5) is 26.9. The monoisotopic (exact) mass is 291 g/mol. The van der Waals surface area contributed by atoms with Crippen LogP contribution in [0.25, 0.3) is 0 Å². The Balaban J connectivity index is 1.97. The van der Waals surface area contributed by atoms with Crippen molar-refractivity contribution >= 4 is 30.9 Å². The molecule has 1 fully saturated rings. The van der Waals surface area contributed by atoms with E-state index in [4.69, 9.17) is 5.73 Å². The van der Waals surface area contributed by atoms with E-state index < -0.39 is 4.92 Å². The molecule has 1 aliphatic rings. The highest BCUT2D eigenvalue weighted by Gasteiger charge is 2.22.